The summed E-state index contributed by atoms with van der Waals surface area (Å²) in [4.78, 5) is 7.05. The Morgan fingerprint density at radius 3 is 2.61 bits per heavy atom. The predicted molar refractivity (Wildman–Crippen MR) is 98.4 cm³/mol. The summed E-state index contributed by atoms with van der Waals surface area (Å²) in [6.07, 6.45) is 4.22. The van der Waals surface area contributed by atoms with Gasteiger partial charge in [-0.3, -0.25) is 4.98 Å². The lowest BCUT2D eigenvalue weighted by atomic mass is 10.1. The van der Waals surface area contributed by atoms with Crippen molar-refractivity contribution in [2.75, 3.05) is 32.1 Å². The molecule has 0 bridgehead atoms. The SMILES string of the molecule is CCCN(CCC)CC(C)Nc1cc(OC)cc2cccnc12. The van der Waals surface area contributed by atoms with Crippen molar-refractivity contribution >= 4 is 16.6 Å². The van der Waals surface area contributed by atoms with Gasteiger partial charge in [0.25, 0.3) is 0 Å². The third-order valence-corrected chi connectivity index (χ3v) is 3.93. The molecule has 0 saturated heterocycles. The summed E-state index contributed by atoms with van der Waals surface area (Å²) >= 11 is 0. The zero-order valence-corrected chi connectivity index (χ0v) is 14.8. The molecule has 0 spiro atoms. The van der Waals surface area contributed by atoms with Crippen molar-refractivity contribution in [1.29, 1.82) is 0 Å². The predicted octanol–water partition coefficient (Wildman–Crippen LogP) is 4.17. The zero-order valence-electron chi connectivity index (χ0n) is 14.8. The van der Waals surface area contributed by atoms with Crippen LogP contribution in [0, 0.1) is 0 Å². The smallest absolute Gasteiger partial charge is 0.121 e. The van der Waals surface area contributed by atoms with E-state index in [0.29, 0.717) is 6.04 Å². The molecule has 0 aliphatic rings. The fourth-order valence-corrected chi connectivity index (χ4v) is 3.02. The lowest BCUT2D eigenvalue weighted by Gasteiger charge is -2.26. The van der Waals surface area contributed by atoms with Crippen molar-refractivity contribution in [1.82, 2.24) is 9.88 Å². The van der Waals surface area contributed by atoms with E-state index in [0.717, 1.165) is 42.0 Å². The number of methoxy groups -OCH3 is 1. The van der Waals surface area contributed by atoms with Gasteiger partial charge in [-0.2, -0.15) is 0 Å². The van der Waals surface area contributed by atoms with E-state index < -0.39 is 0 Å². The average molecular weight is 315 g/mol. The molecular formula is C19H29N3O. The van der Waals surface area contributed by atoms with Crippen LogP contribution in [0.3, 0.4) is 0 Å². The molecule has 4 nitrogen and oxygen atoms in total. The molecule has 0 amide bonds. The van der Waals surface area contributed by atoms with Crippen LogP contribution in [0.1, 0.15) is 33.6 Å². The van der Waals surface area contributed by atoms with E-state index in [2.05, 4.69) is 42.0 Å². The topological polar surface area (TPSA) is 37.4 Å². The summed E-state index contributed by atoms with van der Waals surface area (Å²) in [5.74, 6) is 0.860. The Labute approximate surface area is 139 Å². The fourth-order valence-electron chi connectivity index (χ4n) is 3.02. The van der Waals surface area contributed by atoms with Gasteiger partial charge in [-0.05, 0) is 45.0 Å². The summed E-state index contributed by atoms with van der Waals surface area (Å²) < 4.78 is 5.42. The third kappa shape index (κ3) is 4.83. The van der Waals surface area contributed by atoms with E-state index in [1.54, 1.807) is 7.11 Å². The Bertz CT molecular complexity index is 609. The monoisotopic (exact) mass is 315 g/mol. The van der Waals surface area contributed by atoms with Crippen molar-refractivity contribution in [3.63, 3.8) is 0 Å². The van der Waals surface area contributed by atoms with Gasteiger partial charge in [-0.1, -0.05) is 19.9 Å². The molecule has 126 valence electrons. The van der Waals surface area contributed by atoms with Gasteiger partial charge in [-0.15, -0.1) is 0 Å². The van der Waals surface area contributed by atoms with E-state index in [-0.39, 0.29) is 0 Å². The number of rotatable bonds is 9. The number of fused-ring (bicyclic) bond motifs is 1. The molecule has 1 heterocycles. The van der Waals surface area contributed by atoms with Gasteiger partial charge < -0.3 is 15.0 Å². The molecular weight excluding hydrogens is 286 g/mol. The number of hydrogen-bond acceptors (Lipinski definition) is 4. The lowest BCUT2D eigenvalue weighted by Crippen LogP contribution is -2.36. The minimum Gasteiger partial charge on any atom is -0.497 e. The summed E-state index contributed by atoms with van der Waals surface area (Å²) in [6.45, 7) is 10.0. The van der Waals surface area contributed by atoms with Crippen molar-refractivity contribution < 1.29 is 4.74 Å². The third-order valence-electron chi connectivity index (χ3n) is 3.93. The Morgan fingerprint density at radius 2 is 1.96 bits per heavy atom. The number of nitrogens with one attached hydrogen (secondary N) is 1. The summed E-state index contributed by atoms with van der Waals surface area (Å²) in [5.41, 5.74) is 2.04. The quantitative estimate of drug-likeness (QED) is 0.754. The molecule has 2 rings (SSSR count). The first-order valence-corrected chi connectivity index (χ1v) is 8.59. The molecule has 0 saturated carbocycles. The fraction of sp³-hybridized carbons (Fsp3) is 0.526. The van der Waals surface area contributed by atoms with Crippen LogP contribution in [-0.4, -0.2) is 42.7 Å². The maximum absolute atomic E-state index is 5.42. The van der Waals surface area contributed by atoms with Gasteiger partial charge in [-0.25, -0.2) is 0 Å². The highest BCUT2D eigenvalue weighted by Crippen LogP contribution is 2.28. The van der Waals surface area contributed by atoms with Gasteiger partial charge >= 0.3 is 0 Å². The molecule has 0 aliphatic carbocycles. The van der Waals surface area contributed by atoms with Gasteiger partial charge in [0.1, 0.15) is 5.75 Å². The highest BCUT2D eigenvalue weighted by Gasteiger charge is 2.12. The van der Waals surface area contributed by atoms with Crippen LogP contribution >= 0.6 is 0 Å². The second-order valence-corrected chi connectivity index (χ2v) is 6.10. The Morgan fingerprint density at radius 1 is 1.22 bits per heavy atom. The first-order chi connectivity index (χ1) is 11.2. The second-order valence-electron chi connectivity index (χ2n) is 6.10. The standard InChI is InChI=1S/C19H29N3O/c1-5-10-22(11-6-2)14-15(3)21-18-13-17(23-4)12-16-8-7-9-20-19(16)18/h7-9,12-13,15,21H,5-6,10-11,14H2,1-4H3. The second kappa shape index (κ2) is 8.73. The molecule has 1 aromatic heterocycles. The Hall–Kier alpha value is -1.81. The largest absolute Gasteiger partial charge is 0.497 e. The molecule has 1 atom stereocenters. The zero-order chi connectivity index (χ0) is 16.7. The van der Waals surface area contributed by atoms with Crippen LogP contribution in [0.2, 0.25) is 0 Å². The lowest BCUT2D eigenvalue weighted by molar-refractivity contribution is 0.267. The molecule has 4 heteroatoms. The number of benzene rings is 1. The van der Waals surface area contributed by atoms with E-state index in [9.17, 15) is 0 Å². The minimum absolute atomic E-state index is 0.352. The number of aromatic nitrogens is 1. The van der Waals surface area contributed by atoms with Crippen molar-refractivity contribution in [3.8, 4) is 5.75 Å². The number of ether oxygens (including phenoxy) is 1. The van der Waals surface area contributed by atoms with Gasteiger partial charge in [0.2, 0.25) is 0 Å². The number of anilines is 1. The number of pyridine rings is 1. The number of hydrogen-bond donors (Lipinski definition) is 1. The molecule has 23 heavy (non-hydrogen) atoms. The summed E-state index contributed by atoms with van der Waals surface area (Å²) in [5, 5.41) is 4.72. The maximum Gasteiger partial charge on any atom is 0.121 e. The van der Waals surface area contributed by atoms with E-state index in [1.807, 2.05) is 24.4 Å². The molecule has 2 aromatic rings. The van der Waals surface area contributed by atoms with Crippen molar-refractivity contribution in [3.05, 3.63) is 30.5 Å². The van der Waals surface area contributed by atoms with Gasteiger partial charge in [0.05, 0.1) is 18.3 Å². The van der Waals surface area contributed by atoms with Gasteiger partial charge in [0.15, 0.2) is 0 Å². The van der Waals surface area contributed by atoms with Crippen LogP contribution in [0.5, 0.6) is 5.75 Å². The minimum atomic E-state index is 0.352. The number of nitrogens with zero attached hydrogens (tertiary/aromatic N) is 2. The van der Waals surface area contributed by atoms with Crippen LogP contribution in [0.15, 0.2) is 30.5 Å². The molecule has 1 unspecified atom stereocenters. The van der Waals surface area contributed by atoms with E-state index in [1.165, 1.54) is 12.8 Å². The van der Waals surface area contributed by atoms with Crippen molar-refractivity contribution in [2.45, 2.75) is 39.7 Å². The Kier molecular flexibility index (Phi) is 6.66. The molecule has 1 aromatic carbocycles. The highest BCUT2D eigenvalue weighted by molar-refractivity contribution is 5.91. The van der Waals surface area contributed by atoms with Crippen LogP contribution < -0.4 is 10.1 Å². The van der Waals surface area contributed by atoms with Gasteiger partial charge in [0, 0.05) is 30.2 Å². The summed E-state index contributed by atoms with van der Waals surface area (Å²) in [7, 11) is 1.70. The van der Waals surface area contributed by atoms with E-state index >= 15 is 0 Å². The average Bonchev–Trinajstić information content (AvgIpc) is 2.55. The molecule has 0 aliphatic heterocycles. The van der Waals surface area contributed by atoms with Crippen LogP contribution in [0.25, 0.3) is 10.9 Å². The molecule has 0 radical (unpaired) electrons. The first-order valence-electron chi connectivity index (χ1n) is 8.59. The summed E-state index contributed by atoms with van der Waals surface area (Å²) in [6, 6.07) is 8.44. The van der Waals surface area contributed by atoms with E-state index in [4.69, 9.17) is 4.74 Å². The maximum atomic E-state index is 5.42. The van der Waals surface area contributed by atoms with Crippen LogP contribution in [-0.2, 0) is 0 Å². The highest BCUT2D eigenvalue weighted by atomic mass is 16.5. The van der Waals surface area contributed by atoms with Crippen LogP contribution in [0.4, 0.5) is 5.69 Å². The Balaban J connectivity index is 2.16. The normalized spacial score (nSPS) is 12.6. The molecule has 1 N–H and O–H groups in total. The first kappa shape index (κ1) is 17.5. The molecule has 0 fully saturated rings. The van der Waals surface area contributed by atoms with Crippen molar-refractivity contribution in [2.24, 2.45) is 0 Å².